The van der Waals surface area contributed by atoms with Gasteiger partial charge in [-0.15, -0.1) is 0 Å². The summed E-state index contributed by atoms with van der Waals surface area (Å²) in [6.07, 6.45) is 0. The first-order valence-corrected chi connectivity index (χ1v) is 8.89. The largest absolute Gasteiger partial charge is 0.312 e. The smallest absolute Gasteiger partial charge is 0.273 e. The Labute approximate surface area is 170 Å². The van der Waals surface area contributed by atoms with E-state index in [1.54, 1.807) is 6.92 Å². The SMILES string of the molecule is Cc1nn(CC(=O)NNC(=O)C(C)Cn2nc(C)c([N+](=O)[O-])c2C)c(C)c1[N+](=O)[O-]. The van der Waals surface area contributed by atoms with Crippen molar-refractivity contribution in [2.24, 2.45) is 5.92 Å². The maximum atomic E-state index is 12.2. The van der Waals surface area contributed by atoms with Crippen LogP contribution in [0, 0.1) is 53.8 Å². The zero-order valence-electron chi connectivity index (χ0n) is 17.1. The minimum atomic E-state index is -0.655. The van der Waals surface area contributed by atoms with Gasteiger partial charge in [0.15, 0.2) is 0 Å². The molecule has 14 heteroatoms. The maximum absolute atomic E-state index is 12.2. The minimum Gasteiger partial charge on any atom is -0.273 e. The molecule has 2 rings (SSSR count). The number of carbonyl (C=O) groups excluding carboxylic acids is 2. The number of aryl methyl sites for hydroxylation is 2. The number of hydrogen-bond donors (Lipinski definition) is 2. The molecule has 162 valence electrons. The van der Waals surface area contributed by atoms with E-state index in [-0.39, 0.29) is 41.5 Å². The molecule has 0 bridgehead atoms. The van der Waals surface area contributed by atoms with Crippen LogP contribution in [-0.4, -0.2) is 41.2 Å². The van der Waals surface area contributed by atoms with Crippen LogP contribution >= 0.6 is 0 Å². The van der Waals surface area contributed by atoms with Gasteiger partial charge in [0.2, 0.25) is 5.91 Å². The highest BCUT2D eigenvalue weighted by molar-refractivity contribution is 5.83. The molecular weight excluding hydrogens is 400 g/mol. The maximum Gasteiger partial charge on any atom is 0.312 e. The van der Waals surface area contributed by atoms with E-state index in [4.69, 9.17) is 0 Å². The first-order chi connectivity index (χ1) is 13.9. The van der Waals surface area contributed by atoms with Gasteiger partial charge in [-0.1, -0.05) is 6.92 Å². The lowest BCUT2D eigenvalue weighted by molar-refractivity contribution is -0.386. The molecule has 2 N–H and O–H groups in total. The van der Waals surface area contributed by atoms with Crippen LogP contribution in [0.4, 0.5) is 11.4 Å². The molecule has 0 spiro atoms. The van der Waals surface area contributed by atoms with Crippen molar-refractivity contribution in [3.8, 4) is 0 Å². The Morgan fingerprint density at radius 2 is 1.40 bits per heavy atom. The van der Waals surface area contributed by atoms with Crippen molar-refractivity contribution < 1.29 is 19.4 Å². The van der Waals surface area contributed by atoms with Crippen LogP contribution in [0.2, 0.25) is 0 Å². The Kier molecular flexibility index (Phi) is 6.49. The van der Waals surface area contributed by atoms with Crippen LogP contribution in [0.3, 0.4) is 0 Å². The fraction of sp³-hybridized carbons (Fsp3) is 0.500. The quantitative estimate of drug-likeness (QED) is 0.481. The third-order valence-electron chi connectivity index (χ3n) is 4.56. The van der Waals surface area contributed by atoms with E-state index in [1.807, 2.05) is 0 Å². The van der Waals surface area contributed by atoms with Gasteiger partial charge in [0.25, 0.3) is 5.91 Å². The number of hydrazine groups is 1. The van der Waals surface area contributed by atoms with E-state index < -0.39 is 27.6 Å². The van der Waals surface area contributed by atoms with E-state index in [0.29, 0.717) is 5.69 Å². The van der Waals surface area contributed by atoms with Gasteiger partial charge in [-0.05, 0) is 27.7 Å². The van der Waals surface area contributed by atoms with Gasteiger partial charge < -0.3 is 0 Å². The Morgan fingerprint density at radius 1 is 0.933 bits per heavy atom. The molecule has 1 unspecified atom stereocenters. The number of hydrogen-bond acceptors (Lipinski definition) is 8. The van der Waals surface area contributed by atoms with Crippen LogP contribution < -0.4 is 10.9 Å². The van der Waals surface area contributed by atoms with E-state index in [0.717, 1.165) is 0 Å². The van der Waals surface area contributed by atoms with Crippen molar-refractivity contribution in [1.29, 1.82) is 0 Å². The highest BCUT2D eigenvalue weighted by atomic mass is 16.6. The van der Waals surface area contributed by atoms with Crippen molar-refractivity contribution in [3.05, 3.63) is 43.0 Å². The average Bonchev–Trinajstić information content (AvgIpc) is 3.07. The Hall–Kier alpha value is -3.84. The second kappa shape index (κ2) is 8.67. The Bertz CT molecular complexity index is 1020. The number of nitrogens with one attached hydrogen (secondary N) is 2. The van der Waals surface area contributed by atoms with Gasteiger partial charge >= 0.3 is 11.4 Å². The summed E-state index contributed by atoms with van der Waals surface area (Å²) in [6.45, 7) is 7.32. The number of aromatic nitrogens is 4. The summed E-state index contributed by atoms with van der Waals surface area (Å²) in [5.41, 5.74) is 5.19. The fourth-order valence-corrected chi connectivity index (χ4v) is 3.01. The second-order valence-electron chi connectivity index (χ2n) is 6.83. The van der Waals surface area contributed by atoms with Gasteiger partial charge in [0.05, 0.1) is 22.3 Å². The lowest BCUT2D eigenvalue weighted by atomic mass is 10.1. The topological polar surface area (TPSA) is 180 Å². The molecule has 0 radical (unpaired) electrons. The molecular formula is C16H22N8O6. The molecule has 2 amide bonds. The molecule has 14 nitrogen and oxygen atoms in total. The number of carbonyl (C=O) groups is 2. The Balaban J connectivity index is 1.95. The third-order valence-corrected chi connectivity index (χ3v) is 4.56. The molecule has 0 aromatic carbocycles. The van der Waals surface area contributed by atoms with Crippen molar-refractivity contribution in [2.75, 3.05) is 0 Å². The number of rotatable bonds is 7. The first kappa shape index (κ1) is 22.4. The molecule has 0 aliphatic carbocycles. The van der Waals surface area contributed by atoms with Crippen LogP contribution in [0.1, 0.15) is 29.7 Å². The zero-order valence-corrected chi connectivity index (χ0v) is 17.1. The van der Waals surface area contributed by atoms with E-state index in [9.17, 15) is 29.8 Å². The summed E-state index contributed by atoms with van der Waals surface area (Å²) in [6, 6.07) is 0. The molecule has 2 aromatic heterocycles. The number of nitrogens with zero attached hydrogens (tertiary/aromatic N) is 6. The van der Waals surface area contributed by atoms with E-state index in [2.05, 4.69) is 21.0 Å². The van der Waals surface area contributed by atoms with Gasteiger partial charge in [0.1, 0.15) is 29.3 Å². The molecule has 0 aliphatic rings. The predicted octanol–water partition coefficient (Wildman–Crippen LogP) is 0.613. The summed E-state index contributed by atoms with van der Waals surface area (Å²) >= 11 is 0. The molecule has 2 aromatic rings. The van der Waals surface area contributed by atoms with Crippen molar-refractivity contribution >= 4 is 23.2 Å². The standard InChI is InChI=1S/C16H22N8O6/c1-8(6-21-11(4)14(23(27)28)9(2)19-21)16(26)18-17-13(25)7-22-12(5)15(24(29)30)10(3)20-22/h8H,6-7H2,1-5H3,(H,17,25)(H,18,26). The first-order valence-electron chi connectivity index (χ1n) is 8.89. The monoisotopic (exact) mass is 422 g/mol. The summed E-state index contributed by atoms with van der Waals surface area (Å²) in [5.74, 6) is -1.81. The van der Waals surface area contributed by atoms with Crippen LogP contribution in [0.15, 0.2) is 0 Å². The fourth-order valence-electron chi connectivity index (χ4n) is 3.01. The van der Waals surface area contributed by atoms with Gasteiger partial charge in [-0.2, -0.15) is 10.2 Å². The van der Waals surface area contributed by atoms with Crippen LogP contribution in [0.25, 0.3) is 0 Å². The summed E-state index contributed by atoms with van der Waals surface area (Å²) in [7, 11) is 0. The van der Waals surface area contributed by atoms with Crippen LogP contribution in [0.5, 0.6) is 0 Å². The molecule has 0 fully saturated rings. The summed E-state index contributed by atoms with van der Waals surface area (Å²) < 4.78 is 2.54. The highest BCUT2D eigenvalue weighted by Gasteiger charge is 2.25. The Morgan fingerprint density at radius 3 is 1.87 bits per heavy atom. The average molecular weight is 422 g/mol. The number of nitro groups is 2. The lowest BCUT2D eigenvalue weighted by Crippen LogP contribution is -2.46. The third kappa shape index (κ3) is 4.59. The predicted molar refractivity (Wildman–Crippen MR) is 102 cm³/mol. The van der Waals surface area contributed by atoms with Crippen molar-refractivity contribution in [2.45, 2.75) is 47.7 Å². The van der Waals surface area contributed by atoms with Crippen molar-refractivity contribution in [1.82, 2.24) is 30.4 Å². The molecule has 0 saturated heterocycles. The van der Waals surface area contributed by atoms with Gasteiger partial charge in [-0.25, -0.2) is 0 Å². The molecule has 30 heavy (non-hydrogen) atoms. The summed E-state index contributed by atoms with van der Waals surface area (Å²) in [4.78, 5) is 45.3. The highest BCUT2D eigenvalue weighted by Crippen LogP contribution is 2.23. The molecule has 0 saturated carbocycles. The van der Waals surface area contributed by atoms with E-state index >= 15 is 0 Å². The molecule has 0 aliphatic heterocycles. The molecule has 2 heterocycles. The van der Waals surface area contributed by atoms with Gasteiger partial charge in [-0.3, -0.25) is 50.0 Å². The zero-order chi connectivity index (χ0) is 22.7. The molecule has 1 atom stereocenters. The minimum absolute atomic E-state index is 0.0753. The lowest BCUT2D eigenvalue weighted by Gasteiger charge is -2.14. The van der Waals surface area contributed by atoms with Crippen LogP contribution in [-0.2, 0) is 22.7 Å². The number of amides is 2. The second-order valence-corrected chi connectivity index (χ2v) is 6.83. The van der Waals surface area contributed by atoms with Gasteiger partial charge in [0, 0.05) is 0 Å². The summed E-state index contributed by atoms with van der Waals surface area (Å²) in [5, 5.41) is 30.1. The normalized spacial score (nSPS) is 11.8. The van der Waals surface area contributed by atoms with Crippen molar-refractivity contribution in [3.63, 3.8) is 0 Å². The van der Waals surface area contributed by atoms with E-state index in [1.165, 1.54) is 37.1 Å².